The Morgan fingerprint density at radius 2 is 2.33 bits per heavy atom. The van der Waals surface area contributed by atoms with Gasteiger partial charge in [-0.1, -0.05) is 5.92 Å². The summed E-state index contributed by atoms with van der Waals surface area (Å²) in [5, 5.41) is 9.75. The van der Waals surface area contributed by atoms with Crippen LogP contribution in [-0.2, 0) is 4.79 Å². The fourth-order valence-electron chi connectivity index (χ4n) is 2.24. The molecular weight excluding hydrogens is 154 g/mol. The van der Waals surface area contributed by atoms with E-state index in [4.69, 9.17) is 12.2 Å². The number of hydrogen-bond donors (Lipinski definition) is 2. The first-order valence-corrected chi connectivity index (χ1v) is 3.98. The second-order valence-electron chi connectivity index (χ2n) is 3.97. The summed E-state index contributed by atoms with van der Waals surface area (Å²) in [5.74, 6) is 1.77. The van der Waals surface area contributed by atoms with Crippen molar-refractivity contribution >= 4 is 5.78 Å². The molecule has 3 N–H and O–H groups in total. The molecule has 64 valence electrons. The maximum atomic E-state index is 11.5. The Hall–Kier alpha value is -0.850. The predicted octanol–water partition coefficient (Wildman–Crippen LogP) is -0.713. The molecule has 0 amide bonds. The molecule has 0 bridgehead atoms. The van der Waals surface area contributed by atoms with Crippen LogP contribution in [0.1, 0.15) is 13.3 Å². The van der Waals surface area contributed by atoms with Gasteiger partial charge >= 0.3 is 0 Å². The SMILES string of the molecule is C#CC1(O)C(=O)C(C)(N)C2CC21. The van der Waals surface area contributed by atoms with Crippen LogP contribution in [0.2, 0.25) is 0 Å². The molecular formula is C9H11NO2. The van der Waals surface area contributed by atoms with Crippen LogP contribution in [-0.4, -0.2) is 22.0 Å². The number of hydrogen-bond acceptors (Lipinski definition) is 3. The molecule has 2 aliphatic carbocycles. The third kappa shape index (κ3) is 0.588. The zero-order valence-electron chi connectivity index (χ0n) is 6.87. The predicted molar refractivity (Wildman–Crippen MR) is 43.0 cm³/mol. The van der Waals surface area contributed by atoms with Gasteiger partial charge in [0, 0.05) is 5.92 Å². The summed E-state index contributed by atoms with van der Waals surface area (Å²) in [6.45, 7) is 1.65. The van der Waals surface area contributed by atoms with E-state index in [0.29, 0.717) is 0 Å². The van der Waals surface area contributed by atoms with Crippen LogP contribution >= 0.6 is 0 Å². The summed E-state index contributed by atoms with van der Waals surface area (Å²) in [5.41, 5.74) is 3.27. The molecule has 12 heavy (non-hydrogen) atoms. The quantitative estimate of drug-likeness (QED) is 0.466. The van der Waals surface area contributed by atoms with Crippen molar-refractivity contribution in [3.05, 3.63) is 0 Å². The maximum absolute atomic E-state index is 11.5. The van der Waals surface area contributed by atoms with E-state index >= 15 is 0 Å². The van der Waals surface area contributed by atoms with E-state index in [0.717, 1.165) is 6.42 Å². The standard InChI is InChI=1S/C9H11NO2/c1-3-9(12)6-4-5(6)8(2,10)7(9)11/h1,5-6,12H,4,10H2,2H3. The number of aliphatic hydroxyl groups is 1. The van der Waals surface area contributed by atoms with Gasteiger partial charge in [0.25, 0.3) is 0 Å². The average Bonchev–Trinajstić information content (AvgIpc) is 2.77. The molecule has 4 unspecified atom stereocenters. The summed E-state index contributed by atoms with van der Waals surface area (Å²) in [6, 6.07) is 0. The molecule has 2 saturated carbocycles. The molecule has 0 aromatic heterocycles. The van der Waals surface area contributed by atoms with Crippen LogP contribution in [0, 0.1) is 24.2 Å². The number of carbonyl (C=O) groups excluding carboxylic acids is 1. The Bertz CT molecular complexity index is 302. The Balaban J connectivity index is 2.46. The lowest BCUT2D eigenvalue weighted by Gasteiger charge is -2.23. The number of fused-ring (bicyclic) bond motifs is 1. The fourth-order valence-corrected chi connectivity index (χ4v) is 2.24. The van der Waals surface area contributed by atoms with Crippen molar-refractivity contribution in [2.45, 2.75) is 24.5 Å². The van der Waals surface area contributed by atoms with Crippen LogP contribution in [0.25, 0.3) is 0 Å². The first-order chi connectivity index (χ1) is 5.44. The van der Waals surface area contributed by atoms with Gasteiger partial charge in [-0.25, -0.2) is 0 Å². The van der Waals surface area contributed by atoms with Crippen LogP contribution in [0.15, 0.2) is 0 Å². The van der Waals surface area contributed by atoms with E-state index in [1.807, 2.05) is 0 Å². The van der Waals surface area contributed by atoms with Crippen molar-refractivity contribution < 1.29 is 9.90 Å². The van der Waals surface area contributed by atoms with Crippen molar-refractivity contribution in [2.24, 2.45) is 17.6 Å². The molecule has 0 aromatic carbocycles. The summed E-state index contributed by atoms with van der Waals surface area (Å²) < 4.78 is 0. The van der Waals surface area contributed by atoms with Crippen molar-refractivity contribution in [1.29, 1.82) is 0 Å². The second-order valence-corrected chi connectivity index (χ2v) is 3.97. The number of rotatable bonds is 0. The molecule has 0 aliphatic heterocycles. The number of terminal acetylenes is 1. The van der Waals surface area contributed by atoms with Crippen LogP contribution in [0.3, 0.4) is 0 Å². The molecule has 0 heterocycles. The summed E-state index contributed by atoms with van der Waals surface area (Å²) in [4.78, 5) is 11.5. The van der Waals surface area contributed by atoms with Crippen molar-refractivity contribution in [2.75, 3.05) is 0 Å². The van der Waals surface area contributed by atoms with Crippen molar-refractivity contribution in [1.82, 2.24) is 0 Å². The summed E-state index contributed by atoms with van der Waals surface area (Å²) in [7, 11) is 0. The molecule has 0 saturated heterocycles. The van der Waals surface area contributed by atoms with E-state index < -0.39 is 16.9 Å². The molecule has 2 rings (SSSR count). The maximum Gasteiger partial charge on any atom is 0.196 e. The number of nitrogens with two attached hydrogens (primary N) is 1. The van der Waals surface area contributed by atoms with Crippen LogP contribution in [0.5, 0.6) is 0 Å². The number of ketones is 1. The molecule has 0 radical (unpaired) electrons. The Kier molecular flexibility index (Phi) is 1.12. The summed E-state index contributed by atoms with van der Waals surface area (Å²) in [6.07, 6.45) is 5.90. The minimum absolute atomic E-state index is 0.0889. The van der Waals surface area contributed by atoms with Crippen LogP contribution < -0.4 is 5.73 Å². The fraction of sp³-hybridized carbons (Fsp3) is 0.667. The largest absolute Gasteiger partial charge is 0.371 e. The lowest BCUT2D eigenvalue weighted by Crippen LogP contribution is -2.52. The van der Waals surface area contributed by atoms with E-state index in [2.05, 4.69) is 5.92 Å². The molecule has 0 aromatic rings. The highest BCUT2D eigenvalue weighted by molar-refractivity contribution is 6.02. The van der Waals surface area contributed by atoms with Gasteiger partial charge in [0.05, 0.1) is 5.54 Å². The monoisotopic (exact) mass is 165 g/mol. The van der Waals surface area contributed by atoms with Crippen molar-refractivity contribution in [3.8, 4) is 12.3 Å². The number of carbonyl (C=O) groups is 1. The molecule has 4 atom stereocenters. The van der Waals surface area contributed by atoms with Gasteiger partial charge in [0.15, 0.2) is 11.4 Å². The van der Waals surface area contributed by atoms with Gasteiger partial charge in [-0.3, -0.25) is 4.79 Å². The van der Waals surface area contributed by atoms with Gasteiger partial charge in [-0.05, 0) is 19.3 Å². The minimum Gasteiger partial charge on any atom is -0.371 e. The van der Waals surface area contributed by atoms with Crippen LogP contribution in [0.4, 0.5) is 0 Å². The zero-order chi connectivity index (χ0) is 9.15. The molecule has 2 aliphatic rings. The topological polar surface area (TPSA) is 63.3 Å². The van der Waals surface area contributed by atoms with Gasteiger partial charge in [-0.15, -0.1) is 6.42 Å². The van der Waals surface area contributed by atoms with Gasteiger partial charge in [-0.2, -0.15) is 0 Å². The van der Waals surface area contributed by atoms with E-state index in [1.54, 1.807) is 6.92 Å². The number of Topliss-reactive ketones (excluding diaryl/α,β-unsaturated/α-hetero) is 1. The third-order valence-electron chi connectivity index (χ3n) is 3.15. The van der Waals surface area contributed by atoms with Gasteiger partial charge in [0.1, 0.15) is 0 Å². The lowest BCUT2D eigenvalue weighted by atomic mass is 9.88. The third-order valence-corrected chi connectivity index (χ3v) is 3.15. The molecule has 3 heteroatoms. The normalized spacial score (nSPS) is 56.3. The average molecular weight is 165 g/mol. The highest BCUT2D eigenvalue weighted by Gasteiger charge is 2.71. The zero-order valence-corrected chi connectivity index (χ0v) is 6.87. The molecule has 0 spiro atoms. The van der Waals surface area contributed by atoms with Crippen molar-refractivity contribution in [3.63, 3.8) is 0 Å². The van der Waals surface area contributed by atoms with E-state index in [1.165, 1.54) is 0 Å². The Morgan fingerprint density at radius 1 is 1.75 bits per heavy atom. The first-order valence-electron chi connectivity index (χ1n) is 3.98. The van der Waals surface area contributed by atoms with E-state index in [9.17, 15) is 9.90 Å². The molecule has 2 fully saturated rings. The van der Waals surface area contributed by atoms with E-state index in [-0.39, 0.29) is 11.8 Å². The summed E-state index contributed by atoms with van der Waals surface area (Å²) >= 11 is 0. The Morgan fingerprint density at radius 3 is 2.58 bits per heavy atom. The Labute approximate surface area is 70.9 Å². The highest BCUT2D eigenvalue weighted by atomic mass is 16.3. The van der Waals surface area contributed by atoms with Gasteiger partial charge < -0.3 is 10.8 Å². The highest BCUT2D eigenvalue weighted by Crippen LogP contribution is 2.59. The minimum atomic E-state index is -1.58. The smallest absolute Gasteiger partial charge is 0.196 e. The lowest BCUT2D eigenvalue weighted by molar-refractivity contribution is -0.134. The first kappa shape index (κ1) is 7.78. The second kappa shape index (κ2) is 1.73. The molecule has 3 nitrogen and oxygen atoms in total. The van der Waals surface area contributed by atoms with Gasteiger partial charge in [0.2, 0.25) is 0 Å².